The van der Waals surface area contributed by atoms with Crippen molar-refractivity contribution in [1.82, 2.24) is 24.8 Å². The molecule has 1 aliphatic heterocycles. The summed E-state index contributed by atoms with van der Waals surface area (Å²) in [5.41, 5.74) is 3.45. The Balaban J connectivity index is 1.45. The standard InChI is InChI=1S/C27H36N6O/c1-4-24-21(3)30-27(32-17-15-28-19-32)31-26(24)33-16-9-8-12-23(33)18-25(34)29-20(2)13-14-22-10-6-5-7-11-22/h5-7,10-11,15,17,19-20,23H,4,8-9,12-14,16,18H2,1-3H3,(H,29,34). The zero-order chi connectivity index (χ0) is 23.9. The van der Waals surface area contributed by atoms with Crippen LogP contribution >= 0.6 is 0 Å². The first-order valence-electron chi connectivity index (χ1n) is 12.5. The summed E-state index contributed by atoms with van der Waals surface area (Å²) in [5.74, 6) is 1.72. The summed E-state index contributed by atoms with van der Waals surface area (Å²) in [6.07, 6.45) is 11.8. The van der Waals surface area contributed by atoms with Crippen molar-refractivity contribution in [2.24, 2.45) is 0 Å². The van der Waals surface area contributed by atoms with Crippen molar-refractivity contribution in [2.45, 2.75) is 77.8 Å². The van der Waals surface area contributed by atoms with Crippen LogP contribution in [0.2, 0.25) is 0 Å². The number of hydrogen-bond acceptors (Lipinski definition) is 5. The van der Waals surface area contributed by atoms with Gasteiger partial charge in [-0.1, -0.05) is 37.3 Å². The largest absolute Gasteiger partial charge is 0.354 e. The monoisotopic (exact) mass is 460 g/mol. The van der Waals surface area contributed by atoms with E-state index in [1.165, 1.54) is 5.56 Å². The number of carbonyl (C=O) groups excluding carboxylic acids is 1. The Morgan fingerprint density at radius 3 is 2.76 bits per heavy atom. The van der Waals surface area contributed by atoms with Crippen LogP contribution in [-0.2, 0) is 17.6 Å². The Morgan fingerprint density at radius 1 is 1.21 bits per heavy atom. The molecule has 1 aromatic carbocycles. The lowest BCUT2D eigenvalue weighted by atomic mass is 9.97. The minimum absolute atomic E-state index is 0.121. The van der Waals surface area contributed by atoms with Crippen LogP contribution in [0, 0.1) is 6.92 Å². The summed E-state index contributed by atoms with van der Waals surface area (Å²) in [4.78, 5) is 29.2. The molecule has 0 bridgehead atoms. The molecule has 1 aliphatic rings. The van der Waals surface area contributed by atoms with Crippen molar-refractivity contribution in [3.05, 3.63) is 65.9 Å². The first-order valence-corrected chi connectivity index (χ1v) is 12.5. The Morgan fingerprint density at radius 2 is 2.03 bits per heavy atom. The van der Waals surface area contributed by atoms with Crippen LogP contribution in [0.15, 0.2) is 49.1 Å². The van der Waals surface area contributed by atoms with E-state index < -0.39 is 0 Å². The topological polar surface area (TPSA) is 75.9 Å². The molecule has 7 nitrogen and oxygen atoms in total. The van der Waals surface area contributed by atoms with E-state index in [1.807, 2.05) is 23.8 Å². The summed E-state index contributed by atoms with van der Waals surface area (Å²) >= 11 is 0. The second-order valence-electron chi connectivity index (χ2n) is 9.27. The van der Waals surface area contributed by atoms with Crippen molar-refractivity contribution < 1.29 is 4.79 Å². The van der Waals surface area contributed by atoms with Gasteiger partial charge in [-0.05, 0) is 57.9 Å². The lowest BCUT2D eigenvalue weighted by Crippen LogP contribution is -2.45. The third-order valence-electron chi connectivity index (χ3n) is 6.71. The number of piperidine rings is 1. The van der Waals surface area contributed by atoms with Gasteiger partial charge in [0.05, 0.1) is 0 Å². The Bertz CT molecular complexity index is 1070. The van der Waals surface area contributed by atoms with Crippen LogP contribution in [0.4, 0.5) is 5.82 Å². The van der Waals surface area contributed by atoms with Crippen molar-refractivity contribution in [1.29, 1.82) is 0 Å². The van der Waals surface area contributed by atoms with Crippen molar-refractivity contribution in [3.8, 4) is 5.95 Å². The van der Waals surface area contributed by atoms with E-state index in [-0.39, 0.29) is 18.0 Å². The summed E-state index contributed by atoms with van der Waals surface area (Å²) in [5, 5.41) is 3.23. The third kappa shape index (κ3) is 5.82. The highest BCUT2D eigenvalue weighted by Crippen LogP contribution is 2.30. The van der Waals surface area contributed by atoms with E-state index in [2.05, 4.69) is 53.3 Å². The average Bonchev–Trinajstić information content (AvgIpc) is 3.38. The molecule has 0 aliphatic carbocycles. The Labute approximate surface area is 202 Å². The van der Waals surface area contributed by atoms with Crippen molar-refractivity contribution >= 4 is 11.7 Å². The van der Waals surface area contributed by atoms with Crippen LogP contribution in [0.25, 0.3) is 5.95 Å². The molecule has 1 N–H and O–H groups in total. The molecular weight excluding hydrogens is 424 g/mol. The number of carbonyl (C=O) groups is 1. The highest BCUT2D eigenvalue weighted by Gasteiger charge is 2.29. The third-order valence-corrected chi connectivity index (χ3v) is 6.71. The molecule has 7 heteroatoms. The molecule has 2 aromatic heterocycles. The number of hydrogen-bond donors (Lipinski definition) is 1. The first kappa shape index (κ1) is 23.9. The van der Waals surface area contributed by atoms with Crippen LogP contribution < -0.4 is 10.2 Å². The lowest BCUT2D eigenvalue weighted by molar-refractivity contribution is -0.122. The molecule has 2 unspecified atom stereocenters. The van der Waals surface area contributed by atoms with Gasteiger partial charge in [-0.25, -0.2) is 9.97 Å². The quantitative estimate of drug-likeness (QED) is 0.512. The molecule has 3 aromatic rings. The predicted molar refractivity (Wildman–Crippen MR) is 135 cm³/mol. The molecule has 0 spiro atoms. The molecule has 34 heavy (non-hydrogen) atoms. The fraction of sp³-hybridized carbons (Fsp3) is 0.481. The average molecular weight is 461 g/mol. The minimum Gasteiger partial charge on any atom is -0.354 e. The second-order valence-corrected chi connectivity index (χ2v) is 9.27. The van der Waals surface area contributed by atoms with Gasteiger partial charge in [0.15, 0.2) is 0 Å². The normalized spacial score (nSPS) is 16.9. The van der Waals surface area contributed by atoms with Gasteiger partial charge in [-0.15, -0.1) is 0 Å². The van der Waals surface area contributed by atoms with Gasteiger partial charge < -0.3 is 10.2 Å². The van der Waals surface area contributed by atoms with E-state index in [0.29, 0.717) is 12.4 Å². The van der Waals surface area contributed by atoms with E-state index >= 15 is 0 Å². The highest BCUT2D eigenvalue weighted by atomic mass is 16.1. The molecule has 180 valence electrons. The molecule has 0 radical (unpaired) electrons. The van der Waals surface area contributed by atoms with Gasteiger partial charge in [0.25, 0.3) is 0 Å². The van der Waals surface area contributed by atoms with Gasteiger partial charge in [0.2, 0.25) is 11.9 Å². The lowest BCUT2D eigenvalue weighted by Gasteiger charge is -2.38. The van der Waals surface area contributed by atoms with E-state index in [0.717, 1.165) is 62.1 Å². The van der Waals surface area contributed by atoms with Gasteiger partial charge >= 0.3 is 0 Å². The number of aryl methyl sites for hydroxylation is 2. The zero-order valence-corrected chi connectivity index (χ0v) is 20.6. The molecule has 1 amide bonds. The molecule has 2 atom stereocenters. The predicted octanol–water partition coefficient (Wildman–Crippen LogP) is 4.42. The second kappa shape index (κ2) is 11.3. The van der Waals surface area contributed by atoms with Crippen LogP contribution in [0.5, 0.6) is 0 Å². The van der Waals surface area contributed by atoms with E-state index in [4.69, 9.17) is 9.97 Å². The van der Waals surface area contributed by atoms with Crippen LogP contribution in [0.3, 0.4) is 0 Å². The maximum atomic E-state index is 13.0. The van der Waals surface area contributed by atoms with Gasteiger partial charge in [0, 0.05) is 48.7 Å². The minimum atomic E-state index is 0.121. The number of anilines is 1. The molecule has 4 rings (SSSR count). The number of nitrogens with one attached hydrogen (secondary N) is 1. The number of rotatable bonds is 9. The Hall–Kier alpha value is -3.22. The molecule has 1 fully saturated rings. The molecule has 0 saturated carbocycles. The van der Waals surface area contributed by atoms with Crippen molar-refractivity contribution in [2.75, 3.05) is 11.4 Å². The summed E-state index contributed by atoms with van der Waals surface area (Å²) in [6.45, 7) is 7.20. The highest BCUT2D eigenvalue weighted by molar-refractivity contribution is 5.77. The van der Waals surface area contributed by atoms with Crippen molar-refractivity contribution in [3.63, 3.8) is 0 Å². The fourth-order valence-electron chi connectivity index (χ4n) is 4.85. The summed E-state index contributed by atoms with van der Waals surface area (Å²) in [6, 6.07) is 10.7. The maximum absolute atomic E-state index is 13.0. The molecule has 1 saturated heterocycles. The van der Waals surface area contributed by atoms with E-state index in [1.54, 1.807) is 12.5 Å². The van der Waals surface area contributed by atoms with Crippen LogP contribution in [0.1, 0.15) is 62.8 Å². The zero-order valence-electron chi connectivity index (χ0n) is 20.6. The van der Waals surface area contributed by atoms with Gasteiger partial charge in [0.1, 0.15) is 12.1 Å². The Kier molecular flexibility index (Phi) is 7.93. The molecular formula is C27H36N6O. The summed E-state index contributed by atoms with van der Waals surface area (Å²) in [7, 11) is 0. The number of aromatic nitrogens is 4. The van der Waals surface area contributed by atoms with Gasteiger partial charge in [-0.2, -0.15) is 4.98 Å². The number of nitrogens with zero attached hydrogens (tertiary/aromatic N) is 5. The fourth-order valence-corrected chi connectivity index (χ4v) is 4.85. The molecule has 3 heterocycles. The SMILES string of the molecule is CCc1c(C)nc(-n2ccnc2)nc1N1CCCCC1CC(=O)NC(C)CCc1ccccc1. The number of amides is 1. The smallest absolute Gasteiger partial charge is 0.237 e. The van der Waals surface area contributed by atoms with Crippen LogP contribution in [-0.4, -0.2) is 44.1 Å². The first-order chi connectivity index (χ1) is 16.5. The summed E-state index contributed by atoms with van der Waals surface area (Å²) < 4.78 is 1.84. The maximum Gasteiger partial charge on any atom is 0.237 e. The van der Waals surface area contributed by atoms with E-state index in [9.17, 15) is 4.79 Å². The number of imidazole rings is 1. The number of benzene rings is 1. The van der Waals surface area contributed by atoms with Gasteiger partial charge in [-0.3, -0.25) is 9.36 Å².